The number of fused-ring (bicyclic) bond motifs is 1. The molecular formula is C17H20N2O3S. The second-order valence-electron chi connectivity index (χ2n) is 6.17. The smallest absolute Gasteiger partial charge is 0.309 e. The van der Waals surface area contributed by atoms with Crippen LogP contribution in [0.4, 0.5) is 0 Å². The number of amides is 1. The van der Waals surface area contributed by atoms with Gasteiger partial charge in [0.15, 0.2) is 6.10 Å². The molecule has 3 atom stereocenters. The average Bonchev–Trinajstić information content (AvgIpc) is 3.11. The van der Waals surface area contributed by atoms with Gasteiger partial charge in [0, 0.05) is 7.05 Å². The number of benzene rings is 1. The molecule has 1 aromatic heterocycles. The van der Waals surface area contributed by atoms with Crippen LogP contribution in [0.25, 0.3) is 10.2 Å². The minimum atomic E-state index is -0.755. The number of likely N-dealkylation sites (N-methyl/N-ethyl adjacent to an activating group) is 1. The Labute approximate surface area is 139 Å². The summed E-state index contributed by atoms with van der Waals surface area (Å²) in [5.74, 6) is -0.109. The third kappa shape index (κ3) is 3.52. The number of ether oxygens (including phenoxy) is 1. The Morgan fingerprint density at radius 2 is 2.13 bits per heavy atom. The summed E-state index contributed by atoms with van der Waals surface area (Å²) in [6, 6.07) is 7.89. The molecule has 1 saturated carbocycles. The molecule has 6 heteroatoms. The number of esters is 1. The van der Waals surface area contributed by atoms with Crippen molar-refractivity contribution < 1.29 is 14.3 Å². The molecule has 1 heterocycles. The molecule has 0 radical (unpaired) electrons. The fourth-order valence-electron chi connectivity index (χ4n) is 2.54. The first-order valence-electron chi connectivity index (χ1n) is 7.75. The zero-order chi connectivity index (χ0) is 16.6. The summed E-state index contributed by atoms with van der Waals surface area (Å²) >= 11 is 1.57. The zero-order valence-electron chi connectivity index (χ0n) is 13.5. The van der Waals surface area contributed by atoms with Crippen LogP contribution < -0.4 is 0 Å². The van der Waals surface area contributed by atoms with Gasteiger partial charge in [-0.15, -0.1) is 11.3 Å². The molecule has 0 unspecified atom stereocenters. The minimum Gasteiger partial charge on any atom is -0.452 e. The fourth-order valence-corrected chi connectivity index (χ4v) is 3.56. The van der Waals surface area contributed by atoms with Gasteiger partial charge in [0.05, 0.1) is 22.7 Å². The van der Waals surface area contributed by atoms with Crippen LogP contribution in [0.3, 0.4) is 0 Å². The van der Waals surface area contributed by atoms with E-state index >= 15 is 0 Å². The van der Waals surface area contributed by atoms with Crippen molar-refractivity contribution in [3.05, 3.63) is 29.3 Å². The molecule has 1 aliphatic rings. The second-order valence-corrected chi connectivity index (χ2v) is 7.28. The summed E-state index contributed by atoms with van der Waals surface area (Å²) < 4.78 is 6.38. The number of nitrogens with zero attached hydrogens (tertiary/aromatic N) is 2. The molecule has 0 bridgehead atoms. The number of hydrogen-bond donors (Lipinski definition) is 0. The predicted molar refractivity (Wildman–Crippen MR) is 88.9 cm³/mol. The maximum atomic E-state index is 12.3. The second kappa shape index (κ2) is 6.28. The van der Waals surface area contributed by atoms with Crippen LogP contribution in [0.15, 0.2) is 24.3 Å². The molecule has 1 aromatic carbocycles. The van der Waals surface area contributed by atoms with Crippen molar-refractivity contribution in [2.24, 2.45) is 11.8 Å². The van der Waals surface area contributed by atoms with Crippen molar-refractivity contribution in [3.63, 3.8) is 0 Å². The normalized spacial score (nSPS) is 21.0. The Balaban J connectivity index is 1.59. The molecule has 0 spiro atoms. The molecule has 0 N–H and O–H groups in total. The van der Waals surface area contributed by atoms with Gasteiger partial charge in [-0.1, -0.05) is 19.1 Å². The number of para-hydroxylation sites is 1. The standard InChI is InChI=1S/C17H20N2O3S/c1-10-8-12(10)17(21)22-11(2)16(20)19(3)9-15-18-13-6-4-5-7-14(13)23-15/h4-7,10-12H,8-9H2,1-3H3/t10-,11-,12-/m0/s1. The van der Waals surface area contributed by atoms with Crippen molar-refractivity contribution in [3.8, 4) is 0 Å². The van der Waals surface area contributed by atoms with Crippen LogP contribution in [0.2, 0.25) is 0 Å². The van der Waals surface area contributed by atoms with Crippen LogP contribution in [-0.2, 0) is 20.9 Å². The van der Waals surface area contributed by atoms with Crippen molar-refractivity contribution in [2.75, 3.05) is 7.05 Å². The van der Waals surface area contributed by atoms with Crippen molar-refractivity contribution in [1.29, 1.82) is 0 Å². The molecule has 0 aliphatic heterocycles. The molecule has 1 fully saturated rings. The number of carbonyl (C=O) groups is 2. The molecule has 23 heavy (non-hydrogen) atoms. The summed E-state index contributed by atoms with van der Waals surface area (Å²) in [4.78, 5) is 30.3. The van der Waals surface area contributed by atoms with Crippen LogP contribution in [0.5, 0.6) is 0 Å². The van der Waals surface area contributed by atoms with Gasteiger partial charge in [0.25, 0.3) is 5.91 Å². The Bertz CT molecular complexity index is 709. The lowest BCUT2D eigenvalue weighted by molar-refractivity contribution is -0.160. The molecule has 5 nitrogen and oxygen atoms in total. The Morgan fingerprint density at radius 3 is 2.78 bits per heavy atom. The lowest BCUT2D eigenvalue weighted by Gasteiger charge is -2.20. The first-order valence-corrected chi connectivity index (χ1v) is 8.57. The van der Waals surface area contributed by atoms with Crippen molar-refractivity contribution in [2.45, 2.75) is 32.9 Å². The Morgan fingerprint density at radius 1 is 1.43 bits per heavy atom. The first-order chi connectivity index (χ1) is 11.0. The summed E-state index contributed by atoms with van der Waals surface area (Å²) in [5, 5.41) is 0.872. The van der Waals surface area contributed by atoms with E-state index in [2.05, 4.69) is 4.98 Å². The van der Waals surface area contributed by atoms with E-state index in [1.54, 1.807) is 30.2 Å². The van der Waals surface area contributed by atoms with Gasteiger partial charge < -0.3 is 9.64 Å². The molecule has 1 aliphatic carbocycles. The monoisotopic (exact) mass is 332 g/mol. The van der Waals surface area contributed by atoms with Crippen LogP contribution in [-0.4, -0.2) is 34.9 Å². The molecule has 3 rings (SSSR count). The topological polar surface area (TPSA) is 59.5 Å². The van der Waals surface area contributed by atoms with Gasteiger partial charge in [-0.3, -0.25) is 9.59 Å². The van der Waals surface area contributed by atoms with Crippen LogP contribution in [0, 0.1) is 11.8 Å². The lowest BCUT2D eigenvalue weighted by atomic mass is 10.3. The number of aromatic nitrogens is 1. The third-order valence-electron chi connectivity index (χ3n) is 4.14. The van der Waals surface area contributed by atoms with Crippen molar-refractivity contribution >= 4 is 33.4 Å². The lowest BCUT2D eigenvalue weighted by Crippen LogP contribution is -2.37. The first kappa shape index (κ1) is 15.9. The maximum Gasteiger partial charge on any atom is 0.309 e. The number of thiazole rings is 1. The summed E-state index contributed by atoms with van der Waals surface area (Å²) in [6.07, 6.45) is 0.107. The largest absolute Gasteiger partial charge is 0.452 e. The van der Waals surface area contributed by atoms with E-state index in [4.69, 9.17) is 4.74 Å². The summed E-state index contributed by atoms with van der Waals surface area (Å²) in [6.45, 7) is 4.06. The van der Waals surface area contributed by atoms with Gasteiger partial charge in [0.1, 0.15) is 5.01 Å². The van der Waals surface area contributed by atoms with E-state index in [1.807, 2.05) is 31.2 Å². The Hall–Kier alpha value is -1.95. The molecule has 122 valence electrons. The van der Waals surface area contributed by atoms with Gasteiger partial charge in [-0.05, 0) is 31.4 Å². The zero-order valence-corrected chi connectivity index (χ0v) is 14.3. The predicted octanol–water partition coefficient (Wildman–Crippen LogP) is 2.84. The molecule has 1 amide bonds. The average molecular weight is 332 g/mol. The quantitative estimate of drug-likeness (QED) is 0.790. The maximum absolute atomic E-state index is 12.3. The van der Waals surface area contributed by atoms with Crippen LogP contribution >= 0.6 is 11.3 Å². The van der Waals surface area contributed by atoms with Gasteiger partial charge in [-0.25, -0.2) is 4.98 Å². The number of hydrogen-bond acceptors (Lipinski definition) is 5. The van der Waals surface area contributed by atoms with Crippen molar-refractivity contribution in [1.82, 2.24) is 9.88 Å². The number of carbonyl (C=O) groups excluding carboxylic acids is 2. The van der Waals surface area contributed by atoms with Gasteiger partial charge in [0.2, 0.25) is 0 Å². The van der Waals surface area contributed by atoms with E-state index in [9.17, 15) is 9.59 Å². The number of rotatable bonds is 5. The highest BCUT2D eigenvalue weighted by Gasteiger charge is 2.41. The van der Waals surface area contributed by atoms with Gasteiger partial charge >= 0.3 is 5.97 Å². The molecule has 2 aromatic rings. The van der Waals surface area contributed by atoms with E-state index in [1.165, 1.54) is 0 Å². The summed E-state index contributed by atoms with van der Waals surface area (Å²) in [7, 11) is 1.71. The van der Waals surface area contributed by atoms with E-state index in [0.717, 1.165) is 21.6 Å². The van der Waals surface area contributed by atoms with E-state index in [0.29, 0.717) is 12.5 Å². The molecule has 0 saturated heterocycles. The molecular weight excluding hydrogens is 312 g/mol. The summed E-state index contributed by atoms with van der Waals surface area (Å²) in [5.41, 5.74) is 0.940. The van der Waals surface area contributed by atoms with Gasteiger partial charge in [-0.2, -0.15) is 0 Å². The van der Waals surface area contributed by atoms with E-state index < -0.39 is 6.10 Å². The van der Waals surface area contributed by atoms with E-state index in [-0.39, 0.29) is 17.8 Å². The fraction of sp³-hybridized carbons (Fsp3) is 0.471. The SMILES string of the molecule is C[C@H](OC(=O)[C@H]1C[C@@H]1C)C(=O)N(C)Cc1nc2ccccc2s1. The highest BCUT2D eigenvalue weighted by Crippen LogP contribution is 2.38. The highest BCUT2D eigenvalue weighted by molar-refractivity contribution is 7.18. The minimum absolute atomic E-state index is 0.0279. The van der Waals surface area contributed by atoms with Crippen LogP contribution in [0.1, 0.15) is 25.3 Å². The third-order valence-corrected chi connectivity index (χ3v) is 5.16. The highest BCUT2D eigenvalue weighted by atomic mass is 32.1. The Kier molecular flexibility index (Phi) is 4.35.